The molecule has 0 aliphatic rings. The molecule has 0 bridgehead atoms. The highest BCUT2D eigenvalue weighted by atomic mass is 127. The lowest BCUT2D eigenvalue weighted by Gasteiger charge is -2.13. The summed E-state index contributed by atoms with van der Waals surface area (Å²) in [6, 6.07) is 18.5. The Kier molecular flexibility index (Phi) is 9.71. The van der Waals surface area contributed by atoms with E-state index < -0.39 is 0 Å². The van der Waals surface area contributed by atoms with Crippen LogP contribution < -0.4 is 24.8 Å². The fourth-order valence-corrected chi connectivity index (χ4v) is 3.28. The first kappa shape index (κ1) is 24.6. The first-order chi connectivity index (χ1) is 14.7. The Labute approximate surface area is 201 Å². The average molecular weight is 535 g/mol. The van der Waals surface area contributed by atoms with Gasteiger partial charge in [0.2, 0.25) is 0 Å². The molecule has 0 aliphatic heterocycles. The molecular weight excluding hydrogens is 505 g/mol. The van der Waals surface area contributed by atoms with E-state index in [1.165, 1.54) is 16.5 Å². The minimum atomic E-state index is 0. The maximum absolute atomic E-state index is 5.37. The molecule has 0 saturated heterocycles. The van der Waals surface area contributed by atoms with Crippen molar-refractivity contribution in [1.82, 2.24) is 10.6 Å². The molecule has 0 heterocycles. The lowest BCUT2D eigenvalue weighted by atomic mass is 10.1. The molecule has 166 valence electrons. The molecule has 0 aliphatic carbocycles. The van der Waals surface area contributed by atoms with E-state index in [1.54, 1.807) is 28.4 Å². The Morgan fingerprint density at radius 2 is 1.48 bits per heavy atom. The van der Waals surface area contributed by atoms with Gasteiger partial charge in [0.1, 0.15) is 5.75 Å². The monoisotopic (exact) mass is 535 g/mol. The molecule has 2 N–H and O–H groups in total. The molecule has 0 atom stereocenters. The van der Waals surface area contributed by atoms with Gasteiger partial charge in [-0.1, -0.05) is 24.3 Å². The Balaban J connectivity index is 0.00000341. The van der Waals surface area contributed by atoms with Crippen molar-refractivity contribution < 1.29 is 14.2 Å². The minimum Gasteiger partial charge on any atom is -0.497 e. The van der Waals surface area contributed by atoms with Crippen LogP contribution in [0.3, 0.4) is 0 Å². The number of nitrogens with zero attached hydrogens (tertiary/aromatic N) is 1. The number of rotatable bonds is 8. The summed E-state index contributed by atoms with van der Waals surface area (Å²) in [6.45, 7) is 1.45. The van der Waals surface area contributed by atoms with Gasteiger partial charge in [-0.05, 0) is 58.7 Å². The van der Waals surface area contributed by atoms with Crippen LogP contribution in [-0.4, -0.2) is 40.9 Å². The lowest BCUT2D eigenvalue weighted by Crippen LogP contribution is -2.37. The molecular formula is C24H30IN3O3. The van der Waals surface area contributed by atoms with Crippen LogP contribution in [0.15, 0.2) is 59.6 Å². The summed E-state index contributed by atoms with van der Waals surface area (Å²) < 4.78 is 15.9. The molecule has 0 spiro atoms. The average Bonchev–Trinajstić information content (AvgIpc) is 2.80. The van der Waals surface area contributed by atoms with Crippen molar-refractivity contribution in [3.05, 3.63) is 65.7 Å². The Hall–Kier alpha value is -2.68. The normalized spacial score (nSPS) is 10.9. The highest BCUT2D eigenvalue weighted by Crippen LogP contribution is 2.27. The number of halogens is 1. The van der Waals surface area contributed by atoms with Gasteiger partial charge in [0.15, 0.2) is 17.5 Å². The van der Waals surface area contributed by atoms with Gasteiger partial charge in [-0.25, -0.2) is 0 Å². The van der Waals surface area contributed by atoms with Gasteiger partial charge < -0.3 is 24.8 Å². The predicted octanol–water partition coefficient (Wildman–Crippen LogP) is 4.39. The van der Waals surface area contributed by atoms with E-state index in [4.69, 9.17) is 14.2 Å². The molecule has 7 heteroatoms. The quantitative estimate of drug-likeness (QED) is 0.255. The molecule has 31 heavy (non-hydrogen) atoms. The van der Waals surface area contributed by atoms with E-state index in [0.29, 0.717) is 6.54 Å². The van der Waals surface area contributed by atoms with Gasteiger partial charge >= 0.3 is 0 Å². The van der Waals surface area contributed by atoms with E-state index in [2.05, 4.69) is 39.9 Å². The highest BCUT2D eigenvalue weighted by molar-refractivity contribution is 14.0. The standard InChI is InChI=1S/C24H29N3O3.HI/c1-25-24(26-12-11-17-6-10-22(29-3)23(14-17)30-4)27-16-18-5-7-20-15-21(28-2)9-8-19(20)13-18;/h5-10,13-15H,11-12,16H2,1-4H3,(H2,25,26,27);1H. The molecule has 0 unspecified atom stereocenters. The number of nitrogens with one attached hydrogen (secondary N) is 2. The number of benzene rings is 3. The molecule has 0 amide bonds. The second-order valence-electron chi connectivity index (χ2n) is 6.84. The summed E-state index contributed by atoms with van der Waals surface area (Å²) in [5.74, 6) is 3.12. The van der Waals surface area contributed by atoms with Gasteiger partial charge in [0, 0.05) is 20.1 Å². The zero-order chi connectivity index (χ0) is 21.3. The minimum absolute atomic E-state index is 0. The number of aliphatic imine (C=N–C) groups is 1. The molecule has 3 aromatic rings. The van der Waals surface area contributed by atoms with Crippen LogP contribution in [0, 0.1) is 0 Å². The summed E-state index contributed by atoms with van der Waals surface area (Å²) in [5.41, 5.74) is 2.36. The van der Waals surface area contributed by atoms with E-state index in [1.807, 2.05) is 30.3 Å². The predicted molar refractivity (Wildman–Crippen MR) is 137 cm³/mol. The van der Waals surface area contributed by atoms with Crippen LogP contribution in [0.5, 0.6) is 17.2 Å². The number of hydrogen-bond acceptors (Lipinski definition) is 4. The summed E-state index contributed by atoms with van der Waals surface area (Å²) in [5, 5.41) is 9.08. The first-order valence-electron chi connectivity index (χ1n) is 9.89. The van der Waals surface area contributed by atoms with Crippen LogP contribution in [0.1, 0.15) is 11.1 Å². The highest BCUT2D eigenvalue weighted by Gasteiger charge is 2.05. The van der Waals surface area contributed by atoms with Crippen molar-refractivity contribution in [2.75, 3.05) is 34.9 Å². The number of guanidine groups is 1. The van der Waals surface area contributed by atoms with Crippen molar-refractivity contribution >= 4 is 40.7 Å². The fourth-order valence-electron chi connectivity index (χ4n) is 3.28. The summed E-state index contributed by atoms with van der Waals surface area (Å²) in [7, 11) is 6.75. The Morgan fingerprint density at radius 3 is 2.19 bits per heavy atom. The summed E-state index contributed by atoms with van der Waals surface area (Å²) in [6.07, 6.45) is 0.846. The molecule has 0 aromatic heterocycles. The second kappa shape index (κ2) is 12.2. The van der Waals surface area contributed by atoms with E-state index in [0.717, 1.165) is 41.6 Å². The fraction of sp³-hybridized carbons (Fsp3) is 0.292. The zero-order valence-corrected chi connectivity index (χ0v) is 20.7. The van der Waals surface area contributed by atoms with Crippen LogP contribution in [-0.2, 0) is 13.0 Å². The molecule has 3 rings (SSSR count). The summed E-state index contributed by atoms with van der Waals surface area (Å²) in [4.78, 5) is 4.31. The third-order valence-corrected chi connectivity index (χ3v) is 4.95. The van der Waals surface area contributed by atoms with Gasteiger partial charge in [-0.15, -0.1) is 24.0 Å². The zero-order valence-electron chi connectivity index (χ0n) is 18.4. The van der Waals surface area contributed by atoms with Crippen LogP contribution in [0.25, 0.3) is 10.8 Å². The topological polar surface area (TPSA) is 64.1 Å². The Morgan fingerprint density at radius 1 is 0.774 bits per heavy atom. The maximum atomic E-state index is 5.37. The second-order valence-corrected chi connectivity index (χ2v) is 6.84. The van der Waals surface area contributed by atoms with Gasteiger partial charge in [-0.3, -0.25) is 4.99 Å². The number of methoxy groups -OCH3 is 3. The first-order valence-corrected chi connectivity index (χ1v) is 9.89. The lowest BCUT2D eigenvalue weighted by molar-refractivity contribution is 0.354. The maximum Gasteiger partial charge on any atom is 0.191 e. The van der Waals surface area contributed by atoms with E-state index in [9.17, 15) is 0 Å². The SMILES string of the molecule is CN=C(NCCc1ccc(OC)c(OC)c1)NCc1ccc2cc(OC)ccc2c1.I. The third-order valence-electron chi connectivity index (χ3n) is 4.95. The van der Waals surface area contributed by atoms with Crippen molar-refractivity contribution in [3.8, 4) is 17.2 Å². The number of ether oxygens (including phenoxy) is 3. The third kappa shape index (κ3) is 6.65. The van der Waals surface area contributed by atoms with Gasteiger partial charge in [0.25, 0.3) is 0 Å². The van der Waals surface area contributed by atoms with E-state index in [-0.39, 0.29) is 24.0 Å². The van der Waals surface area contributed by atoms with Crippen molar-refractivity contribution in [1.29, 1.82) is 0 Å². The van der Waals surface area contributed by atoms with Crippen molar-refractivity contribution in [2.24, 2.45) is 4.99 Å². The largest absolute Gasteiger partial charge is 0.497 e. The Bertz CT molecular complexity index is 1020. The van der Waals surface area contributed by atoms with Crippen LogP contribution in [0.4, 0.5) is 0 Å². The van der Waals surface area contributed by atoms with Gasteiger partial charge in [0.05, 0.1) is 21.3 Å². The van der Waals surface area contributed by atoms with Crippen molar-refractivity contribution in [2.45, 2.75) is 13.0 Å². The smallest absolute Gasteiger partial charge is 0.191 e. The summed E-state index contributed by atoms with van der Waals surface area (Å²) >= 11 is 0. The van der Waals surface area contributed by atoms with Crippen molar-refractivity contribution in [3.63, 3.8) is 0 Å². The molecule has 3 aromatic carbocycles. The molecule has 0 saturated carbocycles. The van der Waals surface area contributed by atoms with Crippen LogP contribution in [0.2, 0.25) is 0 Å². The number of hydrogen-bond donors (Lipinski definition) is 2. The van der Waals surface area contributed by atoms with E-state index >= 15 is 0 Å². The van der Waals surface area contributed by atoms with Crippen LogP contribution >= 0.6 is 24.0 Å². The van der Waals surface area contributed by atoms with Gasteiger partial charge in [-0.2, -0.15) is 0 Å². The molecule has 0 fully saturated rings. The number of fused-ring (bicyclic) bond motifs is 1. The molecule has 6 nitrogen and oxygen atoms in total. The molecule has 0 radical (unpaired) electrons.